The highest BCUT2D eigenvalue weighted by molar-refractivity contribution is 7.88. The van der Waals surface area contributed by atoms with Crippen LogP contribution < -0.4 is 8.92 Å². The average molecular weight is 370 g/mol. The van der Waals surface area contributed by atoms with Gasteiger partial charge in [0.25, 0.3) is 0 Å². The summed E-state index contributed by atoms with van der Waals surface area (Å²) in [6, 6.07) is 4.18. The van der Waals surface area contributed by atoms with Crippen molar-refractivity contribution < 1.29 is 40.0 Å². The van der Waals surface area contributed by atoms with E-state index in [1.807, 2.05) is 0 Å². The van der Waals surface area contributed by atoms with Crippen LogP contribution in [0.25, 0.3) is 0 Å². The molecule has 0 saturated carbocycles. The fourth-order valence-corrected chi connectivity index (χ4v) is 2.62. The van der Waals surface area contributed by atoms with E-state index < -0.39 is 27.7 Å². The first-order chi connectivity index (χ1) is 11.2. The Kier molecular flexibility index (Phi) is 5.94. The molecule has 0 radical (unpaired) electrons. The molecule has 0 aliphatic carbocycles. The lowest BCUT2D eigenvalue weighted by Gasteiger charge is -2.23. The molecule has 24 heavy (non-hydrogen) atoms. The number of alkyl halides is 3. The second-order valence-electron chi connectivity index (χ2n) is 5.04. The minimum Gasteiger partial charge on any atom is -0.493 e. The van der Waals surface area contributed by atoms with Crippen LogP contribution in [0.15, 0.2) is 18.2 Å². The van der Waals surface area contributed by atoms with Gasteiger partial charge >= 0.3 is 15.6 Å². The molecule has 1 aliphatic heterocycles. The molecule has 10 heteroatoms. The number of hydrogen-bond acceptors (Lipinski definition) is 6. The molecule has 2 rings (SSSR count). The van der Waals surface area contributed by atoms with Gasteiger partial charge in [-0.25, -0.2) is 0 Å². The zero-order valence-electron chi connectivity index (χ0n) is 12.8. The molecule has 0 aromatic heterocycles. The van der Waals surface area contributed by atoms with Crippen molar-refractivity contribution in [2.75, 3.05) is 13.7 Å². The predicted molar refractivity (Wildman–Crippen MR) is 77.0 cm³/mol. The molecule has 1 aromatic carbocycles. The van der Waals surface area contributed by atoms with Crippen molar-refractivity contribution in [3.63, 3.8) is 0 Å². The maximum Gasteiger partial charge on any atom is 0.534 e. The SMILES string of the molecule is COc1cccc(COC2CCCCO2)c1OS(=O)(=O)C(F)(F)F. The van der Waals surface area contributed by atoms with E-state index in [0.29, 0.717) is 13.0 Å². The topological polar surface area (TPSA) is 71.1 Å². The lowest BCUT2D eigenvalue weighted by atomic mass is 10.2. The summed E-state index contributed by atoms with van der Waals surface area (Å²) in [5.74, 6) is -0.693. The number of para-hydroxylation sites is 1. The Balaban J connectivity index is 2.21. The Morgan fingerprint density at radius 1 is 1.29 bits per heavy atom. The first-order valence-corrected chi connectivity index (χ1v) is 8.55. The maximum atomic E-state index is 12.6. The van der Waals surface area contributed by atoms with E-state index >= 15 is 0 Å². The first kappa shape index (κ1) is 18.8. The second kappa shape index (κ2) is 7.58. The number of benzene rings is 1. The van der Waals surface area contributed by atoms with E-state index in [-0.39, 0.29) is 17.9 Å². The zero-order valence-corrected chi connectivity index (χ0v) is 13.7. The summed E-state index contributed by atoms with van der Waals surface area (Å²) in [5.41, 5.74) is -5.44. The van der Waals surface area contributed by atoms with E-state index in [0.717, 1.165) is 12.8 Å². The normalized spacial score (nSPS) is 19.1. The van der Waals surface area contributed by atoms with Gasteiger partial charge in [0, 0.05) is 12.2 Å². The van der Waals surface area contributed by atoms with Gasteiger partial charge in [-0.15, -0.1) is 0 Å². The summed E-state index contributed by atoms with van der Waals surface area (Å²) < 4.78 is 80.2. The predicted octanol–water partition coefficient (Wildman–Crippen LogP) is 2.97. The molecule has 0 N–H and O–H groups in total. The van der Waals surface area contributed by atoms with Crippen molar-refractivity contribution >= 4 is 10.1 Å². The summed E-state index contributed by atoms with van der Waals surface area (Å²) >= 11 is 0. The third-order valence-corrected chi connectivity index (χ3v) is 4.27. The maximum absolute atomic E-state index is 12.6. The molecule has 1 aliphatic rings. The van der Waals surface area contributed by atoms with Crippen molar-refractivity contribution in [1.29, 1.82) is 0 Å². The molecule has 0 bridgehead atoms. The van der Waals surface area contributed by atoms with E-state index in [9.17, 15) is 21.6 Å². The minimum atomic E-state index is -5.82. The third kappa shape index (κ3) is 4.52. The zero-order chi connectivity index (χ0) is 17.8. The summed E-state index contributed by atoms with van der Waals surface area (Å²) in [4.78, 5) is 0. The number of halogens is 3. The van der Waals surface area contributed by atoms with Crippen LogP contribution in [0.2, 0.25) is 0 Å². The van der Waals surface area contributed by atoms with Crippen molar-refractivity contribution in [1.82, 2.24) is 0 Å². The molecule has 1 atom stereocenters. The highest BCUT2D eigenvalue weighted by Crippen LogP contribution is 2.36. The second-order valence-corrected chi connectivity index (χ2v) is 6.58. The van der Waals surface area contributed by atoms with Gasteiger partial charge in [-0.3, -0.25) is 0 Å². The fraction of sp³-hybridized carbons (Fsp3) is 0.571. The van der Waals surface area contributed by atoms with Crippen LogP contribution in [0.4, 0.5) is 13.2 Å². The molecule has 1 unspecified atom stereocenters. The molecule has 1 aromatic rings. The van der Waals surface area contributed by atoms with Gasteiger partial charge < -0.3 is 18.4 Å². The number of methoxy groups -OCH3 is 1. The summed E-state index contributed by atoms with van der Waals surface area (Å²) in [7, 11) is -4.62. The number of hydrogen-bond donors (Lipinski definition) is 0. The monoisotopic (exact) mass is 370 g/mol. The van der Waals surface area contributed by atoms with Gasteiger partial charge in [-0.05, 0) is 25.3 Å². The molecule has 6 nitrogen and oxygen atoms in total. The smallest absolute Gasteiger partial charge is 0.493 e. The van der Waals surface area contributed by atoms with Gasteiger partial charge in [0.15, 0.2) is 17.8 Å². The molecule has 136 valence electrons. The molecule has 1 heterocycles. The fourth-order valence-electron chi connectivity index (χ4n) is 2.11. The Hall–Kier alpha value is -1.52. The summed E-state index contributed by atoms with van der Waals surface area (Å²) in [6.45, 7) is 0.360. The van der Waals surface area contributed by atoms with Crippen LogP contribution in [0.3, 0.4) is 0 Å². The lowest BCUT2D eigenvalue weighted by Crippen LogP contribution is -2.28. The van der Waals surface area contributed by atoms with Crippen LogP contribution in [-0.4, -0.2) is 33.9 Å². The van der Waals surface area contributed by atoms with E-state index in [4.69, 9.17) is 14.2 Å². The lowest BCUT2D eigenvalue weighted by molar-refractivity contribution is -0.169. The van der Waals surface area contributed by atoms with Crippen LogP contribution in [-0.2, 0) is 26.2 Å². The molecule has 0 amide bonds. The molecular weight excluding hydrogens is 353 g/mol. The Labute approximate surface area is 137 Å². The Morgan fingerprint density at radius 3 is 2.62 bits per heavy atom. The molecule has 1 saturated heterocycles. The highest BCUT2D eigenvalue weighted by atomic mass is 32.2. The standard InChI is InChI=1S/C14H17F3O6S/c1-20-11-6-4-5-10(9-22-12-7-2-3-8-21-12)13(11)23-24(18,19)14(15,16)17/h4-6,12H,2-3,7-9H2,1H3. The first-order valence-electron chi connectivity index (χ1n) is 7.14. The quantitative estimate of drug-likeness (QED) is 0.566. The van der Waals surface area contributed by atoms with Gasteiger partial charge in [-0.1, -0.05) is 12.1 Å². The van der Waals surface area contributed by atoms with Gasteiger partial charge in [0.2, 0.25) is 0 Å². The van der Waals surface area contributed by atoms with E-state index in [1.165, 1.54) is 25.3 Å². The molecular formula is C14H17F3O6S. The van der Waals surface area contributed by atoms with E-state index in [2.05, 4.69) is 4.18 Å². The van der Waals surface area contributed by atoms with Gasteiger partial charge in [0.1, 0.15) is 0 Å². The Morgan fingerprint density at radius 2 is 2.04 bits per heavy atom. The summed E-state index contributed by atoms with van der Waals surface area (Å²) in [6.07, 6.45) is 1.99. The van der Waals surface area contributed by atoms with Crippen LogP contribution in [0.5, 0.6) is 11.5 Å². The van der Waals surface area contributed by atoms with E-state index in [1.54, 1.807) is 0 Å². The average Bonchev–Trinajstić information content (AvgIpc) is 2.53. The van der Waals surface area contributed by atoms with Crippen LogP contribution in [0.1, 0.15) is 24.8 Å². The number of ether oxygens (including phenoxy) is 3. The number of rotatable bonds is 6. The van der Waals surface area contributed by atoms with Crippen molar-refractivity contribution in [3.8, 4) is 11.5 Å². The van der Waals surface area contributed by atoms with Crippen molar-refractivity contribution in [2.45, 2.75) is 37.7 Å². The van der Waals surface area contributed by atoms with Gasteiger partial charge in [0.05, 0.1) is 13.7 Å². The van der Waals surface area contributed by atoms with Gasteiger partial charge in [-0.2, -0.15) is 21.6 Å². The molecule has 1 fully saturated rings. The van der Waals surface area contributed by atoms with Crippen LogP contribution >= 0.6 is 0 Å². The Bertz CT molecular complexity index is 653. The third-order valence-electron chi connectivity index (χ3n) is 3.32. The van der Waals surface area contributed by atoms with Crippen molar-refractivity contribution in [3.05, 3.63) is 23.8 Å². The minimum absolute atomic E-state index is 0.108. The summed E-state index contributed by atoms with van der Waals surface area (Å²) in [5, 5.41) is 0. The highest BCUT2D eigenvalue weighted by Gasteiger charge is 2.49. The molecule has 0 spiro atoms. The van der Waals surface area contributed by atoms with Crippen LogP contribution in [0, 0.1) is 0 Å². The van der Waals surface area contributed by atoms with Crippen molar-refractivity contribution in [2.24, 2.45) is 0 Å². The largest absolute Gasteiger partial charge is 0.534 e.